The van der Waals surface area contributed by atoms with Gasteiger partial charge in [0.05, 0.1) is 11.6 Å². The molecule has 0 radical (unpaired) electrons. The first-order valence-corrected chi connectivity index (χ1v) is 9.20. The van der Waals surface area contributed by atoms with Crippen LogP contribution in [0.15, 0.2) is 21.1 Å². The Morgan fingerprint density at radius 1 is 1.29 bits per heavy atom. The Morgan fingerprint density at radius 3 is 2.62 bits per heavy atom. The van der Waals surface area contributed by atoms with E-state index in [1.165, 1.54) is 44.5 Å². The zero-order chi connectivity index (χ0) is 15.2. The van der Waals surface area contributed by atoms with Crippen LogP contribution in [0, 0.1) is 0 Å². The number of benzene rings is 1. The molecular formula is C16H24Br2N2O. The van der Waals surface area contributed by atoms with E-state index in [-0.39, 0.29) is 0 Å². The Kier molecular flexibility index (Phi) is 6.99. The van der Waals surface area contributed by atoms with E-state index in [0.29, 0.717) is 6.04 Å². The van der Waals surface area contributed by atoms with Crippen LogP contribution in [0.3, 0.4) is 0 Å². The van der Waals surface area contributed by atoms with E-state index >= 15 is 0 Å². The van der Waals surface area contributed by atoms with Crippen LogP contribution < -0.4 is 10.1 Å². The zero-order valence-electron chi connectivity index (χ0n) is 12.8. The van der Waals surface area contributed by atoms with Crippen molar-refractivity contribution in [1.82, 2.24) is 10.2 Å². The van der Waals surface area contributed by atoms with Gasteiger partial charge in [0.25, 0.3) is 0 Å². The molecule has 5 heteroatoms. The van der Waals surface area contributed by atoms with Gasteiger partial charge in [0, 0.05) is 22.6 Å². The molecule has 3 nitrogen and oxygen atoms in total. The number of hydrogen-bond donors (Lipinski definition) is 1. The lowest BCUT2D eigenvalue weighted by molar-refractivity contribution is 0.197. The van der Waals surface area contributed by atoms with Gasteiger partial charge < -0.3 is 15.0 Å². The third-order valence-corrected chi connectivity index (χ3v) is 5.04. The van der Waals surface area contributed by atoms with Crippen LogP contribution in [0.5, 0.6) is 5.75 Å². The van der Waals surface area contributed by atoms with Gasteiger partial charge in [-0.25, -0.2) is 0 Å². The smallest absolute Gasteiger partial charge is 0.137 e. The minimum Gasteiger partial charge on any atom is -0.495 e. The highest BCUT2D eigenvalue weighted by atomic mass is 79.9. The predicted octanol–water partition coefficient (Wildman–Crippen LogP) is 4.18. The second-order valence-electron chi connectivity index (χ2n) is 5.58. The Morgan fingerprint density at radius 2 is 2.00 bits per heavy atom. The first-order valence-electron chi connectivity index (χ1n) is 7.61. The van der Waals surface area contributed by atoms with Crippen molar-refractivity contribution < 1.29 is 4.74 Å². The van der Waals surface area contributed by atoms with Crippen molar-refractivity contribution in [3.63, 3.8) is 0 Å². The molecule has 118 valence electrons. The number of ether oxygens (including phenoxy) is 1. The van der Waals surface area contributed by atoms with Crippen LogP contribution in [0.4, 0.5) is 0 Å². The number of nitrogens with zero attached hydrogens (tertiary/aromatic N) is 1. The molecule has 0 unspecified atom stereocenters. The molecule has 0 spiro atoms. The molecule has 0 bridgehead atoms. The second-order valence-corrected chi connectivity index (χ2v) is 7.35. The topological polar surface area (TPSA) is 24.5 Å². The van der Waals surface area contributed by atoms with Gasteiger partial charge in [-0.15, -0.1) is 0 Å². The van der Waals surface area contributed by atoms with Gasteiger partial charge in [-0.1, -0.05) is 22.9 Å². The van der Waals surface area contributed by atoms with Gasteiger partial charge in [0.15, 0.2) is 0 Å². The standard InChI is InChI=1S/C16H24Br2N2O/c1-3-6-20-7-4-14(5-8-20)19-11-12-9-13(17)10-15(18)16(12)21-2/h9-10,14,19H,3-8,11H2,1-2H3. The molecule has 21 heavy (non-hydrogen) atoms. The van der Waals surface area contributed by atoms with Crippen molar-refractivity contribution in [1.29, 1.82) is 0 Å². The summed E-state index contributed by atoms with van der Waals surface area (Å²) >= 11 is 7.11. The molecule has 1 heterocycles. The maximum atomic E-state index is 5.50. The van der Waals surface area contributed by atoms with E-state index in [2.05, 4.69) is 55.1 Å². The molecule has 1 aromatic rings. The highest BCUT2D eigenvalue weighted by molar-refractivity contribution is 9.11. The average molecular weight is 420 g/mol. The summed E-state index contributed by atoms with van der Waals surface area (Å²) in [5, 5.41) is 3.68. The molecule has 1 aromatic carbocycles. The molecule has 1 aliphatic rings. The number of hydrogen-bond acceptors (Lipinski definition) is 3. The fraction of sp³-hybridized carbons (Fsp3) is 0.625. The van der Waals surface area contributed by atoms with Crippen molar-refractivity contribution in [3.8, 4) is 5.75 Å². The fourth-order valence-electron chi connectivity index (χ4n) is 2.90. The van der Waals surface area contributed by atoms with Crippen LogP contribution >= 0.6 is 31.9 Å². The molecular weight excluding hydrogens is 396 g/mol. The van der Waals surface area contributed by atoms with Gasteiger partial charge in [0.2, 0.25) is 0 Å². The highest BCUT2D eigenvalue weighted by Crippen LogP contribution is 2.32. The summed E-state index contributed by atoms with van der Waals surface area (Å²) in [4.78, 5) is 2.56. The molecule has 1 fully saturated rings. The zero-order valence-corrected chi connectivity index (χ0v) is 16.0. The lowest BCUT2D eigenvalue weighted by atomic mass is 10.0. The number of piperidine rings is 1. The van der Waals surface area contributed by atoms with Crippen LogP contribution in [-0.4, -0.2) is 37.7 Å². The van der Waals surface area contributed by atoms with Crippen molar-refractivity contribution in [2.75, 3.05) is 26.7 Å². The van der Waals surface area contributed by atoms with Gasteiger partial charge in [-0.2, -0.15) is 0 Å². The normalized spacial score (nSPS) is 17.1. The van der Waals surface area contributed by atoms with E-state index in [4.69, 9.17) is 4.74 Å². The summed E-state index contributed by atoms with van der Waals surface area (Å²) in [6, 6.07) is 4.76. The minimum atomic E-state index is 0.612. The third kappa shape index (κ3) is 4.95. The quantitative estimate of drug-likeness (QED) is 0.748. The SMILES string of the molecule is CCCN1CCC(NCc2cc(Br)cc(Br)c2OC)CC1. The number of halogens is 2. The number of nitrogens with one attached hydrogen (secondary N) is 1. The summed E-state index contributed by atoms with van der Waals surface area (Å²) in [6.45, 7) is 6.76. The lowest BCUT2D eigenvalue weighted by Gasteiger charge is -2.32. The van der Waals surface area contributed by atoms with Crippen LogP contribution in [0.25, 0.3) is 0 Å². The van der Waals surface area contributed by atoms with Gasteiger partial charge >= 0.3 is 0 Å². The van der Waals surface area contributed by atoms with Crippen molar-refractivity contribution in [3.05, 3.63) is 26.6 Å². The van der Waals surface area contributed by atoms with E-state index in [0.717, 1.165) is 21.2 Å². The fourth-order valence-corrected chi connectivity index (χ4v) is 4.38. The van der Waals surface area contributed by atoms with E-state index < -0.39 is 0 Å². The Bertz CT molecular complexity index is 460. The molecule has 1 N–H and O–H groups in total. The minimum absolute atomic E-state index is 0.612. The second kappa shape index (κ2) is 8.51. The predicted molar refractivity (Wildman–Crippen MR) is 95.0 cm³/mol. The largest absolute Gasteiger partial charge is 0.495 e. The number of rotatable bonds is 6. The van der Waals surface area contributed by atoms with Crippen LogP contribution in [0.1, 0.15) is 31.7 Å². The first kappa shape index (κ1) is 17.3. The van der Waals surface area contributed by atoms with E-state index in [9.17, 15) is 0 Å². The molecule has 0 aliphatic carbocycles. The monoisotopic (exact) mass is 418 g/mol. The molecule has 1 saturated heterocycles. The van der Waals surface area contributed by atoms with Crippen LogP contribution in [0.2, 0.25) is 0 Å². The molecule has 0 atom stereocenters. The molecule has 2 rings (SSSR count). The van der Waals surface area contributed by atoms with Crippen LogP contribution in [-0.2, 0) is 6.54 Å². The molecule has 1 aliphatic heterocycles. The van der Waals surface area contributed by atoms with Crippen molar-refractivity contribution >= 4 is 31.9 Å². The summed E-state index contributed by atoms with van der Waals surface area (Å²) in [6.07, 6.45) is 3.72. The third-order valence-electron chi connectivity index (χ3n) is 4.00. The summed E-state index contributed by atoms with van der Waals surface area (Å²) in [7, 11) is 1.72. The van der Waals surface area contributed by atoms with E-state index in [1.54, 1.807) is 7.11 Å². The molecule has 0 aromatic heterocycles. The van der Waals surface area contributed by atoms with Gasteiger partial charge in [-0.3, -0.25) is 0 Å². The Labute approximate surface area is 144 Å². The Balaban J connectivity index is 1.89. The summed E-state index contributed by atoms with van der Waals surface area (Å²) in [5.74, 6) is 0.925. The van der Waals surface area contributed by atoms with Crippen molar-refractivity contribution in [2.45, 2.75) is 38.8 Å². The van der Waals surface area contributed by atoms with E-state index in [1.807, 2.05) is 6.07 Å². The van der Waals surface area contributed by atoms with Gasteiger partial charge in [-0.05, 0) is 67.0 Å². The average Bonchev–Trinajstić information content (AvgIpc) is 2.46. The maximum Gasteiger partial charge on any atom is 0.137 e. The molecule has 0 amide bonds. The van der Waals surface area contributed by atoms with Gasteiger partial charge in [0.1, 0.15) is 5.75 Å². The Hall–Kier alpha value is -0.100. The van der Waals surface area contributed by atoms with Crippen molar-refractivity contribution in [2.24, 2.45) is 0 Å². The highest BCUT2D eigenvalue weighted by Gasteiger charge is 2.18. The number of likely N-dealkylation sites (tertiary alicyclic amines) is 1. The number of methoxy groups -OCH3 is 1. The first-order chi connectivity index (χ1) is 10.1. The summed E-state index contributed by atoms with van der Waals surface area (Å²) < 4.78 is 7.57. The summed E-state index contributed by atoms with van der Waals surface area (Å²) in [5.41, 5.74) is 1.19. The molecule has 0 saturated carbocycles. The lowest BCUT2D eigenvalue weighted by Crippen LogP contribution is -2.42. The maximum absolute atomic E-state index is 5.50.